The van der Waals surface area contributed by atoms with Crippen molar-refractivity contribution in [3.8, 4) is 0 Å². The molecule has 0 aromatic heterocycles. The zero-order chi connectivity index (χ0) is 11.7. The highest BCUT2D eigenvalue weighted by atomic mass is 14.4. The van der Waals surface area contributed by atoms with Crippen LogP contribution in [0.3, 0.4) is 0 Å². The van der Waals surface area contributed by atoms with Gasteiger partial charge >= 0.3 is 0 Å². The van der Waals surface area contributed by atoms with Crippen LogP contribution in [0, 0.1) is 17.8 Å². The van der Waals surface area contributed by atoms with Crippen molar-refractivity contribution in [3.63, 3.8) is 0 Å². The van der Waals surface area contributed by atoms with Gasteiger partial charge in [0.15, 0.2) is 0 Å². The molecule has 3 atom stereocenters. The molecule has 1 aromatic carbocycles. The molecule has 0 heteroatoms. The van der Waals surface area contributed by atoms with Gasteiger partial charge in [0.1, 0.15) is 0 Å². The van der Waals surface area contributed by atoms with E-state index in [1.165, 1.54) is 37.7 Å². The lowest BCUT2D eigenvalue weighted by Gasteiger charge is -2.32. The van der Waals surface area contributed by atoms with Crippen molar-refractivity contribution in [1.82, 2.24) is 0 Å². The zero-order valence-electron chi connectivity index (χ0n) is 10.7. The maximum atomic E-state index is 2.46. The first kappa shape index (κ1) is 11.1. The monoisotopic (exact) mass is 226 g/mol. The average molecular weight is 226 g/mol. The highest BCUT2D eigenvalue weighted by molar-refractivity contribution is 5.54. The lowest BCUT2D eigenvalue weighted by atomic mass is 9.73. The Labute approximate surface area is 105 Å². The maximum absolute atomic E-state index is 2.46. The molecular weight excluding hydrogens is 204 g/mol. The Kier molecular flexibility index (Phi) is 3.05. The van der Waals surface area contributed by atoms with Crippen molar-refractivity contribution in [1.29, 1.82) is 0 Å². The van der Waals surface area contributed by atoms with Crippen molar-refractivity contribution in [2.24, 2.45) is 17.8 Å². The molecule has 90 valence electrons. The molecule has 0 N–H and O–H groups in total. The largest absolute Gasteiger partial charge is 0.0660 e. The minimum absolute atomic E-state index is 0.893. The lowest BCUT2D eigenvalue weighted by Crippen LogP contribution is -2.22. The van der Waals surface area contributed by atoms with Crippen LogP contribution >= 0.6 is 0 Å². The summed E-state index contributed by atoms with van der Waals surface area (Å²) in [6.07, 6.45) is 9.62. The SMILES string of the molecule is C[C@@H]1CCCC2CC/C(=C\c3ccccc3)C21. The number of benzene rings is 1. The molecule has 0 nitrogen and oxygen atoms in total. The predicted molar refractivity (Wildman–Crippen MR) is 73.6 cm³/mol. The van der Waals surface area contributed by atoms with Crippen LogP contribution in [0.15, 0.2) is 35.9 Å². The number of allylic oxidation sites excluding steroid dienone is 1. The number of hydrogen-bond acceptors (Lipinski definition) is 0. The molecule has 2 fully saturated rings. The minimum atomic E-state index is 0.893. The fraction of sp³-hybridized carbons (Fsp3) is 0.529. The van der Waals surface area contributed by atoms with E-state index in [-0.39, 0.29) is 0 Å². The smallest absolute Gasteiger partial charge is 0.0146 e. The molecule has 2 aliphatic rings. The van der Waals surface area contributed by atoms with Crippen LogP contribution < -0.4 is 0 Å². The van der Waals surface area contributed by atoms with Crippen LogP contribution in [0.1, 0.15) is 44.6 Å². The Balaban J connectivity index is 1.86. The lowest BCUT2D eigenvalue weighted by molar-refractivity contribution is 0.224. The van der Waals surface area contributed by atoms with E-state index in [1.54, 1.807) is 5.57 Å². The van der Waals surface area contributed by atoms with Crippen molar-refractivity contribution >= 4 is 6.08 Å². The quantitative estimate of drug-likeness (QED) is 0.638. The summed E-state index contributed by atoms with van der Waals surface area (Å²) in [5.41, 5.74) is 3.12. The van der Waals surface area contributed by atoms with Gasteiger partial charge in [-0.1, -0.05) is 61.7 Å². The topological polar surface area (TPSA) is 0 Å². The van der Waals surface area contributed by atoms with Crippen LogP contribution in [0.25, 0.3) is 6.08 Å². The van der Waals surface area contributed by atoms with Gasteiger partial charge in [-0.25, -0.2) is 0 Å². The number of hydrogen-bond donors (Lipinski definition) is 0. The maximum Gasteiger partial charge on any atom is -0.0146 e. The first-order chi connectivity index (χ1) is 8.34. The van der Waals surface area contributed by atoms with Gasteiger partial charge in [0, 0.05) is 0 Å². The summed E-state index contributed by atoms with van der Waals surface area (Å²) in [5, 5.41) is 0. The molecule has 1 aromatic rings. The third-order valence-electron chi connectivity index (χ3n) is 4.74. The molecule has 3 rings (SSSR count). The van der Waals surface area contributed by atoms with E-state index in [1.807, 2.05) is 0 Å². The van der Waals surface area contributed by atoms with Crippen LogP contribution in [-0.4, -0.2) is 0 Å². The van der Waals surface area contributed by atoms with E-state index in [0.29, 0.717) is 0 Å². The molecule has 17 heavy (non-hydrogen) atoms. The predicted octanol–water partition coefficient (Wildman–Crippen LogP) is 4.92. The molecule has 2 aliphatic carbocycles. The Bertz CT molecular complexity index is 401. The van der Waals surface area contributed by atoms with E-state index in [2.05, 4.69) is 43.3 Å². The molecule has 0 saturated heterocycles. The molecular formula is C17H22. The van der Waals surface area contributed by atoms with Gasteiger partial charge in [-0.3, -0.25) is 0 Å². The molecule has 0 aliphatic heterocycles. The highest BCUT2D eigenvalue weighted by Gasteiger charge is 2.37. The van der Waals surface area contributed by atoms with Gasteiger partial charge in [-0.15, -0.1) is 0 Å². The fourth-order valence-electron chi connectivity index (χ4n) is 3.97. The Hall–Kier alpha value is -1.04. The van der Waals surface area contributed by atoms with Crippen LogP contribution in [0.2, 0.25) is 0 Å². The summed E-state index contributed by atoms with van der Waals surface area (Å²) in [6.45, 7) is 2.46. The summed E-state index contributed by atoms with van der Waals surface area (Å²) in [4.78, 5) is 0. The second-order valence-corrected chi connectivity index (χ2v) is 5.86. The van der Waals surface area contributed by atoms with Crippen LogP contribution in [0.5, 0.6) is 0 Å². The molecule has 0 radical (unpaired) electrons. The van der Waals surface area contributed by atoms with Gasteiger partial charge in [0.05, 0.1) is 0 Å². The number of rotatable bonds is 1. The normalized spacial score (nSPS) is 34.9. The van der Waals surface area contributed by atoms with E-state index < -0.39 is 0 Å². The van der Waals surface area contributed by atoms with E-state index >= 15 is 0 Å². The Morgan fingerprint density at radius 1 is 1.06 bits per heavy atom. The van der Waals surface area contributed by atoms with Crippen molar-refractivity contribution in [2.45, 2.75) is 39.0 Å². The standard InChI is InChI=1S/C17H22/c1-13-6-5-9-15-10-11-16(17(13)15)12-14-7-3-2-4-8-14/h2-4,7-8,12-13,15,17H,5-6,9-11H2,1H3/b16-12+/t13-,15?,17?/m1/s1. The van der Waals surface area contributed by atoms with Crippen molar-refractivity contribution in [2.75, 3.05) is 0 Å². The molecule has 0 bridgehead atoms. The average Bonchev–Trinajstić information content (AvgIpc) is 2.75. The van der Waals surface area contributed by atoms with E-state index in [4.69, 9.17) is 0 Å². The molecule has 0 heterocycles. The summed E-state index contributed by atoms with van der Waals surface area (Å²) in [5.74, 6) is 2.80. The third kappa shape index (κ3) is 2.18. The summed E-state index contributed by atoms with van der Waals surface area (Å²) >= 11 is 0. The molecule has 0 amide bonds. The van der Waals surface area contributed by atoms with E-state index in [0.717, 1.165) is 17.8 Å². The summed E-state index contributed by atoms with van der Waals surface area (Å²) in [6, 6.07) is 10.8. The van der Waals surface area contributed by atoms with Crippen molar-refractivity contribution in [3.05, 3.63) is 41.5 Å². The van der Waals surface area contributed by atoms with Gasteiger partial charge in [-0.2, -0.15) is 0 Å². The van der Waals surface area contributed by atoms with E-state index in [9.17, 15) is 0 Å². The third-order valence-corrected chi connectivity index (χ3v) is 4.74. The zero-order valence-corrected chi connectivity index (χ0v) is 10.7. The summed E-state index contributed by atoms with van der Waals surface area (Å²) < 4.78 is 0. The Morgan fingerprint density at radius 3 is 2.71 bits per heavy atom. The van der Waals surface area contributed by atoms with Crippen LogP contribution in [-0.2, 0) is 0 Å². The molecule has 2 unspecified atom stereocenters. The minimum Gasteiger partial charge on any atom is -0.0660 e. The summed E-state index contributed by atoms with van der Waals surface area (Å²) in [7, 11) is 0. The van der Waals surface area contributed by atoms with Crippen LogP contribution in [0.4, 0.5) is 0 Å². The molecule has 2 saturated carbocycles. The second-order valence-electron chi connectivity index (χ2n) is 5.86. The van der Waals surface area contributed by atoms with Gasteiger partial charge < -0.3 is 0 Å². The first-order valence-electron chi connectivity index (χ1n) is 7.10. The fourth-order valence-corrected chi connectivity index (χ4v) is 3.97. The number of fused-ring (bicyclic) bond motifs is 1. The highest BCUT2D eigenvalue weighted by Crippen LogP contribution is 2.48. The second kappa shape index (κ2) is 4.68. The van der Waals surface area contributed by atoms with Gasteiger partial charge in [-0.05, 0) is 42.6 Å². The Morgan fingerprint density at radius 2 is 1.88 bits per heavy atom. The molecule has 0 spiro atoms. The van der Waals surface area contributed by atoms with Gasteiger partial charge in [0.25, 0.3) is 0 Å². The van der Waals surface area contributed by atoms with Crippen molar-refractivity contribution < 1.29 is 0 Å². The van der Waals surface area contributed by atoms with Gasteiger partial charge in [0.2, 0.25) is 0 Å². The first-order valence-corrected chi connectivity index (χ1v) is 7.10.